The van der Waals surface area contributed by atoms with Crippen molar-refractivity contribution in [1.82, 2.24) is 0 Å². The summed E-state index contributed by atoms with van der Waals surface area (Å²) in [4.78, 5) is 27.0. The minimum atomic E-state index is -0.198. The lowest BCUT2D eigenvalue weighted by molar-refractivity contribution is -0.122. The Hall–Kier alpha value is -2.68. The molecule has 3 nitrogen and oxygen atoms in total. The van der Waals surface area contributed by atoms with E-state index in [2.05, 4.69) is 0 Å². The predicted octanol–water partition coefficient (Wildman–Crippen LogP) is 3.81. The summed E-state index contributed by atoms with van der Waals surface area (Å²) in [5.74, 6) is -0.520. The van der Waals surface area contributed by atoms with Crippen LogP contribution < -0.4 is 4.90 Å². The van der Waals surface area contributed by atoms with Crippen molar-refractivity contribution >= 4 is 17.5 Å². The van der Waals surface area contributed by atoms with Gasteiger partial charge in [-0.1, -0.05) is 60.7 Å². The molecule has 0 radical (unpaired) electrons. The normalized spacial score (nSPS) is 23.2. The summed E-state index contributed by atoms with van der Waals surface area (Å²) in [6, 6.07) is 17.5. The summed E-state index contributed by atoms with van der Waals surface area (Å²) in [6.45, 7) is 0. The molecule has 1 saturated heterocycles. The highest BCUT2D eigenvalue weighted by Crippen LogP contribution is 2.40. The van der Waals surface area contributed by atoms with E-state index in [9.17, 15) is 9.59 Å². The molecule has 1 aliphatic heterocycles. The number of para-hydroxylation sites is 1. The number of hydrogen-bond acceptors (Lipinski definition) is 2. The quantitative estimate of drug-likeness (QED) is 0.625. The fourth-order valence-electron chi connectivity index (χ4n) is 3.57. The standard InChI is InChI=1S/C20H17NO2/c22-19-16-11-4-5-12-17(16)20(23)21(19)18-13-7-6-10-15(18)14-8-2-1-3-9-14/h1-10,13,16-17H,11-12H2/t16-,17-/m1/s1. The van der Waals surface area contributed by atoms with Crippen LogP contribution in [0, 0.1) is 11.8 Å². The molecule has 3 heteroatoms. The number of imide groups is 1. The second kappa shape index (κ2) is 5.51. The fourth-order valence-corrected chi connectivity index (χ4v) is 3.57. The topological polar surface area (TPSA) is 37.4 Å². The highest BCUT2D eigenvalue weighted by atomic mass is 16.2. The molecule has 1 aliphatic carbocycles. The Morgan fingerprint density at radius 2 is 1.30 bits per heavy atom. The molecule has 0 saturated carbocycles. The van der Waals surface area contributed by atoms with Crippen LogP contribution in [-0.2, 0) is 9.59 Å². The Balaban J connectivity index is 1.80. The maximum Gasteiger partial charge on any atom is 0.238 e. The number of nitrogens with zero attached hydrogens (tertiary/aromatic N) is 1. The van der Waals surface area contributed by atoms with Crippen LogP contribution in [0.25, 0.3) is 11.1 Å². The van der Waals surface area contributed by atoms with Gasteiger partial charge in [0.1, 0.15) is 0 Å². The van der Waals surface area contributed by atoms with Crippen LogP contribution in [0.2, 0.25) is 0 Å². The molecular formula is C20H17NO2. The van der Waals surface area contributed by atoms with Crippen LogP contribution in [0.4, 0.5) is 5.69 Å². The van der Waals surface area contributed by atoms with Crippen molar-refractivity contribution in [2.75, 3.05) is 4.90 Å². The van der Waals surface area contributed by atoms with Crippen LogP contribution in [0.3, 0.4) is 0 Å². The molecule has 1 heterocycles. The Labute approximate surface area is 135 Å². The average molecular weight is 303 g/mol. The summed E-state index contributed by atoms with van der Waals surface area (Å²) >= 11 is 0. The molecule has 23 heavy (non-hydrogen) atoms. The monoisotopic (exact) mass is 303 g/mol. The van der Waals surface area contributed by atoms with E-state index >= 15 is 0 Å². The van der Waals surface area contributed by atoms with E-state index < -0.39 is 0 Å². The molecule has 114 valence electrons. The van der Waals surface area contributed by atoms with Crippen molar-refractivity contribution in [3.63, 3.8) is 0 Å². The van der Waals surface area contributed by atoms with Gasteiger partial charge in [0.25, 0.3) is 0 Å². The molecule has 4 rings (SSSR count). The maximum absolute atomic E-state index is 12.8. The number of rotatable bonds is 2. The van der Waals surface area contributed by atoms with Crippen LogP contribution >= 0.6 is 0 Å². The van der Waals surface area contributed by atoms with Crippen LogP contribution in [0.15, 0.2) is 66.7 Å². The third-order valence-electron chi connectivity index (χ3n) is 4.74. The van der Waals surface area contributed by atoms with Crippen molar-refractivity contribution in [2.45, 2.75) is 12.8 Å². The molecular weight excluding hydrogens is 286 g/mol. The second-order valence-corrected chi connectivity index (χ2v) is 6.05. The van der Waals surface area contributed by atoms with E-state index in [1.807, 2.05) is 66.7 Å². The van der Waals surface area contributed by atoms with Gasteiger partial charge >= 0.3 is 0 Å². The number of carbonyl (C=O) groups excluding carboxylic acids is 2. The van der Waals surface area contributed by atoms with Crippen LogP contribution in [-0.4, -0.2) is 11.8 Å². The molecule has 2 atom stereocenters. The van der Waals surface area contributed by atoms with Crippen molar-refractivity contribution < 1.29 is 9.59 Å². The Kier molecular flexibility index (Phi) is 3.34. The molecule has 1 fully saturated rings. The Bertz CT molecular complexity index is 768. The first-order chi connectivity index (χ1) is 11.3. The summed E-state index contributed by atoms with van der Waals surface area (Å²) in [5.41, 5.74) is 2.63. The summed E-state index contributed by atoms with van der Waals surface area (Å²) < 4.78 is 0. The summed E-state index contributed by atoms with van der Waals surface area (Å²) in [7, 11) is 0. The van der Waals surface area contributed by atoms with Crippen LogP contribution in [0.1, 0.15) is 12.8 Å². The second-order valence-electron chi connectivity index (χ2n) is 6.05. The van der Waals surface area contributed by atoms with Gasteiger partial charge in [0.2, 0.25) is 11.8 Å². The lowest BCUT2D eigenvalue weighted by Crippen LogP contribution is -2.31. The molecule has 2 aliphatic rings. The van der Waals surface area contributed by atoms with Gasteiger partial charge in [0, 0.05) is 5.56 Å². The van der Waals surface area contributed by atoms with E-state index in [0.717, 1.165) is 11.1 Å². The molecule has 2 aromatic carbocycles. The lowest BCUT2D eigenvalue weighted by Gasteiger charge is -2.19. The molecule has 2 aromatic rings. The highest BCUT2D eigenvalue weighted by Gasteiger charge is 2.48. The van der Waals surface area contributed by atoms with Crippen molar-refractivity contribution in [3.05, 3.63) is 66.7 Å². The van der Waals surface area contributed by atoms with Gasteiger partial charge in [-0.05, 0) is 24.5 Å². The van der Waals surface area contributed by atoms with Crippen molar-refractivity contribution in [2.24, 2.45) is 11.8 Å². The number of amides is 2. The van der Waals surface area contributed by atoms with E-state index in [4.69, 9.17) is 0 Å². The smallest absolute Gasteiger partial charge is 0.238 e. The molecule has 0 N–H and O–H groups in total. The van der Waals surface area contributed by atoms with Crippen molar-refractivity contribution in [1.29, 1.82) is 0 Å². The number of fused-ring (bicyclic) bond motifs is 1. The van der Waals surface area contributed by atoms with E-state index in [-0.39, 0.29) is 23.7 Å². The number of benzene rings is 2. The van der Waals surface area contributed by atoms with Gasteiger partial charge < -0.3 is 0 Å². The fraction of sp³-hybridized carbons (Fsp3) is 0.200. The third-order valence-corrected chi connectivity index (χ3v) is 4.74. The minimum Gasteiger partial charge on any atom is -0.274 e. The number of anilines is 1. The average Bonchev–Trinajstić information content (AvgIpc) is 2.87. The number of allylic oxidation sites excluding steroid dienone is 2. The third kappa shape index (κ3) is 2.20. The number of carbonyl (C=O) groups is 2. The molecule has 0 unspecified atom stereocenters. The van der Waals surface area contributed by atoms with Crippen molar-refractivity contribution in [3.8, 4) is 11.1 Å². The van der Waals surface area contributed by atoms with Gasteiger partial charge in [0.15, 0.2) is 0 Å². The first-order valence-corrected chi connectivity index (χ1v) is 7.94. The zero-order valence-electron chi connectivity index (χ0n) is 12.7. The molecule has 2 amide bonds. The molecule has 0 bridgehead atoms. The molecule has 0 aromatic heterocycles. The minimum absolute atomic E-state index is 0.0623. The SMILES string of the molecule is O=C1[C@@H]2CC=CC[C@H]2C(=O)N1c1ccccc1-c1ccccc1. The molecule has 0 spiro atoms. The maximum atomic E-state index is 12.8. The predicted molar refractivity (Wildman–Crippen MR) is 89.7 cm³/mol. The highest BCUT2D eigenvalue weighted by molar-refractivity contribution is 6.23. The largest absolute Gasteiger partial charge is 0.274 e. The number of hydrogen-bond donors (Lipinski definition) is 0. The Morgan fingerprint density at radius 3 is 1.96 bits per heavy atom. The lowest BCUT2D eigenvalue weighted by atomic mass is 9.85. The first kappa shape index (κ1) is 13.9. The zero-order valence-corrected chi connectivity index (χ0v) is 12.7. The van der Waals surface area contributed by atoms with Crippen LogP contribution in [0.5, 0.6) is 0 Å². The first-order valence-electron chi connectivity index (χ1n) is 7.94. The van der Waals surface area contributed by atoms with Gasteiger partial charge in [-0.15, -0.1) is 0 Å². The zero-order chi connectivity index (χ0) is 15.8. The van der Waals surface area contributed by atoms with Gasteiger partial charge in [-0.25, -0.2) is 4.90 Å². The Morgan fingerprint density at radius 1 is 0.739 bits per heavy atom. The van der Waals surface area contributed by atoms with Gasteiger partial charge in [-0.2, -0.15) is 0 Å². The summed E-state index contributed by atoms with van der Waals surface area (Å²) in [6.07, 6.45) is 5.36. The van der Waals surface area contributed by atoms with Gasteiger partial charge in [0.05, 0.1) is 17.5 Å². The summed E-state index contributed by atoms with van der Waals surface area (Å²) in [5, 5.41) is 0. The van der Waals surface area contributed by atoms with E-state index in [1.54, 1.807) is 0 Å². The van der Waals surface area contributed by atoms with Gasteiger partial charge in [-0.3, -0.25) is 9.59 Å². The van der Waals surface area contributed by atoms with E-state index in [0.29, 0.717) is 18.5 Å². The van der Waals surface area contributed by atoms with E-state index in [1.165, 1.54) is 4.90 Å².